The van der Waals surface area contributed by atoms with Gasteiger partial charge in [0.2, 0.25) is 5.79 Å². The minimum Gasteiger partial charge on any atom is -0.425 e. The topological polar surface area (TPSA) is 74.2 Å². The first-order valence-corrected chi connectivity index (χ1v) is 7.27. The van der Waals surface area contributed by atoms with E-state index in [1.807, 2.05) is 30.3 Å². The normalized spacial score (nSPS) is 32.7. The van der Waals surface area contributed by atoms with E-state index in [-0.39, 0.29) is 0 Å². The molecule has 1 aliphatic rings. The Balaban J connectivity index is 2.16. The Morgan fingerprint density at radius 1 is 1.17 bits per heavy atom. The Kier molecular flexibility index (Phi) is 5.21. The molecule has 126 valence electrons. The van der Waals surface area contributed by atoms with Crippen LogP contribution in [0.5, 0.6) is 0 Å². The second kappa shape index (κ2) is 6.80. The van der Waals surface area contributed by atoms with Crippen LogP contribution in [-0.2, 0) is 23.7 Å². The Labute approximate surface area is 135 Å². The lowest BCUT2D eigenvalue weighted by Crippen LogP contribution is -2.65. The molecule has 6 heteroatoms. The van der Waals surface area contributed by atoms with Gasteiger partial charge in [-0.3, -0.25) is 0 Å². The van der Waals surface area contributed by atoms with Crippen molar-refractivity contribution in [2.45, 2.75) is 37.6 Å². The number of aliphatic hydroxyl groups excluding tert-OH is 1. The minimum absolute atomic E-state index is 0.714. The van der Waals surface area contributed by atoms with Gasteiger partial charge in [-0.15, -0.1) is 0 Å². The van der Waals surface area contributed by atoms with E-state index >= 15 is 0 Å². The van der Waals surface area contributed by atoms with E-state index in [1.54, 1.807) is 13.0 Å². The SMILES string of the molecule is CO[C@@]1(C)OC(=O)[C@@H]([C@@H](O)/C=C/c2ccccc2)O[C@]1(C)OC. The van der Waals surface area contributed by atoms with Gasteiger partial charge in [0.15, 0.2) is 6.10 Å². The standard InChI is InChI=1S/C17H22O6/c1-16(20-3)17(2,21-4)23-15(19)14(22-16)13(18)11-10-12-8-6-5-7-9-12/h5-11,13-14,18H,1-4H3/b11-10+/t13-,14+,16-,17-/m0/s1. The molecule has 4 atom stereocenters. The average molecular weight is 322 g/mol. The van der Waals surface area contributed by atoms with Gasteiger partial charge in [-0.05, 0) is 12.5 Å². The van der Waals surface area contributed by atoms with Crippen LogP contribution in [0.3, 0.4) is 0 Å². The van der Waals surface area contributed by atoms with Crippen LogP contribution in [0.1, 0.15) is 19.4 Å². The summed E-state index contributed by atoms with van der Waals surface area (Å²) in [6.07, 6.45) is 0.796. The summed E-state index contributed by atoms with van der Waals surface area (Å²) < 4.78 is 21.5. The lowest BCUT2D eigenvalue weighted by Gasteiger charge is -2.48. The third kappa shape index (κ3) is 3.45. The van der Waals surface area contributed by atoms with Gasteiger partial charge in [0.25, 0.3) is 5.79 Å². The number of benzene rings is 1. The molecule has 23 heavy (non-hydrogen) atoms. The van der Waals surface area contributed by atoms with Crippen LogP contribution >= 0.6 is 0 Å². The molecule has 0 bridgehead atoms. The Morgan fingerprint density at radius 2 is 1.78 bits per heavy atom. The molecule has 0 amide bonds. The first-order valence-electron chi connectivity index (χ1n) is 7.27. The number of rotatable bonds is 5. The molecule has 1 N–H and O–H groups in total. The molecule has 1 aromatic carbocycles. The van der Waals surface area contributed by atoms with Crippen molar-refractivity contribution >= 4 is 12.0 Å². The van der Waals surface area contributed by atoms with Gasteiger partial charge in [0, 0.05) is 21.1 Å². The highest BCUT2D eigenvalue weighted by molar-refractivity contribution is 5.77. The highest BCUT2D eigenvalue weighted by atomic mass is 16.8. The molecule has 0 aromatic heterocycles. The molecule has 0 radical (unpaired) electrons. The zero-order chi connectivity index (χ0) is 17.1. The molecule has 6 nitrogen and oxygen atoms in total. The number of hydrogen-bond acceptors (Lipinski definition) is 6. The molecule has 0 unspecified atom stereocenters. The van der Waals surface area contributed by atoms with Gasteiger partial charge in [-0.25, -0.2) is 4.79 Å². The van der Waals surface area contributed by atoms with Gasteiger partial charge >= 0.3 is 5.97 Å². The molecular formula is C17H22O6. The van der Waals surface area contributed by atoms with Gasteiger partial charge < -0.3 is 24.1 Å². The molecule has 1 aromatic rings. The predicted molar refractivity (Wildman–Crippen MR) is 83.3 cm³/mol. The van der Waals surface area contributed by atoms with Crippen molar-refractivity contribution in [3.05, 3.63) is 42.0 Å². The van der Waals surface area contributed by atoms with Crippen molar-refractivity contribution in [1.82, 2.24) is 0 Å². The van der Waals surface area contributed by atoms with Gasteiger partial charge in [-0.1, -0.05) is 42.5 Å². The van der Waals surface area contributed by atoms with Crippen LogP contribution in [0.4, 0.5) is 0 Å². The van der Waals surface area contributed by atoms with E-state index < -0.39 is 29.8 Å². The molecule has 0 saturated carbocycles. The molecular weight excluding hydrogens is 300 g/mol. The summed E-state index contributed by atoms with van der Waals surface area (Å²) >= 11 is 0. The largest absolute Gasteiger partial charge is 0.425 e. The third-order valence-electron chi connectivity index (χ3n) is 4.08. The van der Waals surface area contributed by atoms with E-state index in [2.05, 4.69) is 0 Å². The molecule has 1 heterocycles. The van der Waals surface area contributed by atoms with E-state index in [9.17, 15) is 9.90 Å². The molecule has 1 saturated heterocycles. The molecule has 1 fully saturated rings. The van der Waals surface area contributed by atoms with Crippen molar-refractivity contribution in [1.29, 1.82) is 0 Å². The molecule has 2 rings (SSSR count). The van der Waals surface area contributed by atoms with Gasteiger partial charge in [0.05, 0.1) is 0 Å². The summed E-state index contributed by atoms with van der Waals surface area (Å²) in [5, 5.41) is 10.3. The van der Waals surface area contributed by atoms with Crippen LogP contribution in [-0.4, -0.2) is 49.1 Å². The van der Waals surface area contributed by atoms with Crippen LogP contribution in [0, 0.1) is 0 Å². The Hall–Kier alpha value is -1.73. The second-order valence-corrected chi connectivity index (χ2v) is 5.52. The lowest BCUT2D eigenvalue weighted by atomic mass is 10.0. The number of carbonyl (C=O) groups is 1. The quantitative estimate of drug-likeness (QED) is 0.832. The summed E-state index contributed by atoms with van der Waals surface area (Å²) in [6.45, 7) is 3.13. The Morgan fingerprint density at radius 3 is 2.35 bits per heavy atom. The fourth-order valence-electron chi connectivity index (χ4n) is 2.28. The van der Waals surface area contributed by atoms with Crippen LogP contribution < -0.4 is 0 Å². The van der Waals surface area contributed by atoms with Crippen LogP contribution in [0.25, 0.3) is 6.08 Å². The zero-order valence-electron chi connectivity index (χ0n) is 13.7. The first kappa shape index (κ1) is 17.6. The minimum atomic E-state index is -1.40. The predicted octanol–water partition coefficient (Wildman–Crippen LogP) is 1.73. The number of hydrogen-bond donors (Lipinski definition) is 1. The highest BCUT2D eigenvalue weighted by Gasteiger charge is 2.58. The number of methoxy groups -OCH3 is 2. The summed E-state index contributed by atoms with van der Waals surface area (Å²) in [5.41, 5.74) is 0.895. The van der Waals surface area contributed by atoms with Crippen molar-refractivity contribution < 1.29 is 28.8 Å². The summed E-state index contributed by atoms with van der Waals surface area (Å²) in [5.74, 6) is -3.46. The second-order valence-electron chi connectivity index (χ2n) is 5.52. The number of cyclic esters (lactones) is 1. The van der Waals surface area contributed by atoms with Crippen molar-refractivity contribution in [3.8, 4) is 0 Å². The third-order valence-corrected chi connectivity index (χ3v) is 4.08. The molecule has 0 spiro atoms. The van der Waals surface area contributed by atoms with E-state index in [0.717, 1.165) is 5.56 Å². The monoisotopic (exact) mass is 322 g/mol. The highest BCUT2D eigenvalue weighted by Crippen LogP contribution is 2.37. The number of carbonyl (C=O) groups excluding carboxylic acids is 1. The fourth-order valence-corrected chi connectivity index (χ4v) is 2.28. The summed E-state index contributed by atoms with van der Waals surface area (Å²) in [7, 11) is 2.81. The van der Waals surface area contributed by atoms with Crippen LogP contribution in [0.15, 0.2) is 36.4 Å². The van der Waals surface area contributed by atoms with Crippen molar-refractivity contribution in [3.63, 3.8) is 0 Å². The van der Waals surface area contributed by atoms with Crippen molar-refractivity contribution in [2.75, 3.05) is 14.2 Å². The maximum atomic E-state index is 12.1. The number of aliphatic hydroxyl groups is 1. The van der Waals surface area contributed by atoms with Crippen LogP contribution in [0.2, 0.25) is 0 Å². The Bertz CT molecular complexity index is 572. The van der Waals surface area contributed by atoms with E-state index in [4.69, 9.17) is 18.9 Å². The molecule has 1 aliphatic heterocycles. The van der Waals surface area contributed by atoms with Gasteiger partial charge in [0.1, 0.15) is 6.10 Å². The van der Waals surface area contributed by atoms with E-state index in [0.29, 0.717) is 0 Å². The van der Waals surface area contributed by atoms with Crippen molar-refractivity contribution in [2.24, 2.45) is 0 Å². The van der Waals surface area contributed by atoms with E-state index in [1.165, 1.54) is 27.2 Å². The average Bonchev–Trinajstić information content (AvgIpc) is 2.57. The summed E-state index contributed by atoms with van der Waals surface area (Å²) in [6, 6.07) is 9.41. The molecule has 0 aliphatic carbocycles. The smallest absolute Gasteiger partial charge is 0.341 e. The maximum Gasteiger partial charge on any atom is 0.341 e. The fraction of sp³-hybridized carbons (Fsp3) is 0.471. The lowest BCUT2D eigenvalue weighted by molar-refractivity contribution is -0.409. The number of esters is 1. The number of ether oxygens (including phenoxy) is 4. The van der Waals surface area contributed by atoms with Gasteiger partial charge in [-0.2, -0.15) is 0 Å². The maximum absolute atomic E-state index is 12.1. The summed E-state index contributed by atoms with van der Waals surface area (Å²) in [4.78, 5) is 12.1. The first-order chi connectivity index (χ1) is 10.8. The zero-order valence-corrected chi connectivity index (χ0v) is 13.7.